The van der Waals surface area contributed by atoms with Crippen molar-refractivity contribution in [3.8, 4) is 0 Å². The van der Waals surface area contributed by atoms with Crippen molar-refractivity contribution in [3.05, 3.63) is 29.8 Å². The van der Waals surface area contributed by atoms with Crippen LogP contribution in [-0.2, 0) is 13.3 Å². The van der Waals surface area contributed by atoms with E-state index in [1.807, 2.05) is 0 Å². The molecule has 0 atom stereocenters. The summed E-state index contributed by atoms with van der Waals surface area (Å²) in [5.74, 6) is 0.536. The Kier molecular flexibility index (Phi) is 4.23. The van der Waals surface area contributed by atoms with Crippen molar-refractivity contribution in [1.82, 2.24) is 4.90 Å². The zero-order chi connectivity index (χ0) is 14.0. The highest BCUT2D eigenvalue weighted by atomic mass is 28.4. The summed E-state index contributed by atoms with van der Waals surface area (Å²) in [5, 5.41) is 1.09. The van der Waals surface area contributed by atoms with E-state index in [4.69, 9.17) is 13.3 Å². The summed E-state index contributed by atoms with van der Waals surface area (Å²) in [4.78, 5) is 2.33. The van der Waals surface area contributed by atoms with Gasteiger partial charge in [0.05, 0.1) is 19.8 Å². The fraction of sp³-hybridized carbons (Fsp3) is 0.600. The van der Waals surface area contributed by atoms with E-state index in [9.17, 15) is 0 Å². The second-order valence-corrected chi connectivity index (χ2v) is 8.28. The molecular formula is C15H23NO3Si. The average molecular weight is 293 g/mol. The third-order valence-corrected chi connectivity index (χ3v) is 6.82. The van der Waals surface area contributed by atoms with Crippen molar-refractivity contribution in [2.75, 3.05) is 39.5 Å². The lowest BCUT2D eigenvalue weighted by Crippen LogP contribution is -2.62. The maximum absolute atomic E-state index is 6.08. The zero-order valence-corrected chi connectivity index (χ0v) is 13.3. The zero-order valence-electron chi connectivity index (χ0n) is 12.3. The number of hydrogen-bond acceptors (Lipinski definition) is 4. The first-order valence-electron chi connectivity index (χ1n) is 7.44. The first-order chi connectivity index (χ1) is 9.70. The predicted octanol–water partition coefficient (Wildman–Crippen LogP) is 1.33. The number of rotatable bonds is 2. The van der Waals surface area contributed by atoms with Crippen LogP contribution in [0.2, 0.25) is 0 Å². The van der Waals surface area contributed by atoms with Gasteiger partial charge in [0.25, 0.3) is 0 Å². The fourth-order valence-electron chi connectivity index (χ4n) is 2.71. The van der Waals surface area contributed by atoms with Crippen molar-refractivity contribution in [3.63, 3.8) is 0 Å². The molecule has 3 aliphatic rings. The SMILES string of the molecule is CC(C)c1ccc([Si]23OCCN(CCO2)CCO3)cc1. The highest BCUT2D eigenvalue weighted by Crippen LogP contribution is 2.18. The molecular weight excluding hydrogens is 270 g/mol. The van der Waals surface area contributed by atoms with Gasteiger partial charge in [-0.05, 0) is 11.5 Å². The Bertz CT molecular complexity index is 422. The highest BCUT2D eigenvalue weighted by Gasteiger charge is 2.46. The van der Waals surface area contributed by atoms with Gasteiger partial charge in [0.15, 0.2) is 0 Å². The highest BCUT2D eigenvalue weighted by molar-refractivity contribution is 6.75. The molecule has 0 saturated carbocycles. The van der Waals surface area contributed by atoms with Crippen LogP contribution < -0.4 is 5.19 Å². The maximum Gasteiger partial charge on any atom is 0.537 e. The molecule has 0 spiro atoms. The van der Waals surface area contributed by atoms with Crippen molar-refractivity contribution in [2.24, 2.45) is 0 Å². The summed E-state index contributed by atoms with van der Waals surface area (Å²) in [6.07, 6.45) is 0. The first kappa shape index (κ1) is 14.2. The Morgan fingerprint density at radius 3 is 1.85 bits per heavy atom. The molecule has 20 heavy (non-hydrogen) atoms. The number of benzene rings is 1. The van der Waals surface area contributed by atoms with Crippen molar-refractivity contribution in [1.29, 1.82) is 0 Å². The number of fused-ring (bicyclic) bond motifs is 6. The molecule has 0 aromatic heterocycles. The van der Waals surface area contributed by atoms with Crippen molar-refractivity contribution < 1.29 is 13.3 Å². The minimum absolute atomic E-state index is 0.536. The van der Waals surface area contributed by atoms with Gasteiger partial charge in [-0.3, -0.25) is 4.90 Å². The largest absolute Gasteiger partial charge is 0.537 e. The van der Waals surface area contributed by atoms with Crippen LogP contribution in [0.1, 0.15) is 25.3 Å². The van der Waals surface area contributed by atoms with Gasteiger partial charge < -0.3 is 13.3 Å². The fourth-order valence-corrected chi connectivity index (χ4v) is 5.11. The minimum atomic E-state index is -2.69. The van der Waals surface area contributed by atoms with E-state index in [0.29, 0.717) is 25.7 Å². The number of nitrogens with zero attached hydrogens (tertiary/aromatic N) is 1. The molecule has 0 radical (unpaired) electrons. The molecule has 5 heteroatoms. The monoisotopic (exact) mass is 293 g/mol. The normalized spacial score (nSPS) is 30.9. The van der Waals surface area contributed by atoms with E-state index in [1.54, 1.807) is 0 Å². The van der Waals surface area contributed by atoms with Gasteiger partial charge in [0.1, 0.15) is 0 Å². The van der Waals surface area contributed by atoms with Crippen LogP contribution in [0.4, 0.5) is 0 Å². The Morgan fingerprint density at radius 1 is 0.900 bits per heavy atom. The molecule has 1 aromatic carbocycles. The summed E-state index contributed by atoms with van der Waals surface area (Å²) in [6.45, 7) is 9.42. The van der Waals surface area contributed by atoms with Crippen LogP contribution in [0.3, 0.4) is 0 Å². The van der Waals surface area contributed by atoms with Gasteiger partial charge in [-0.2, -0.15) is 0 Å². The van der Waals surface area contributed by atoms with Gasteiger partial charge in [-0.15, -0.1) is 0 Å². The average Bonchev–Trinajstić information content (AvgIpc) is 2.37. The third-order valence-electron chi connectivity index (χ3n) is 4.03. The molecule has 3 fully saturated rings. The molecule has 0 amide bonds. The van der Waals surface area contributed by atoms with Crippen LogP contribution in [0.5, 0.6) is 0 Å². The lowest BCUT2D eigenvalue weighted by atomic mass is 10.0. The lowest BCUT2D eigenvalue weighted by molar-refractivity contribution is 0.00141. The molecule has 3 heterocycles. The number of hydrogen-bond donors (Lipinski definition) is 0. The molecule has 3 aliphatic heterocycles. The van der Waals surface area contributed by atoms with Gasteiger partial charge in [0.2, 0.25) is 0 Å². The predicted molar refractivity (Wildman–Crippen MR) is 80.2 cm³/mol. The van der Waals surface area contributed by atoms with Crippen LogP contribution in [-0.4, -0.2) is 53.2 Å². The summed E-state index contributed by atoms with van der Waals surface area (Å²) >= 11 is 0. The Morgan fingerprint density at radius 2 is 1.40 bits per heavy atom. The Balaban J connectivity index is 1.87. The summed E-state index contributed by atoms with van der Waals surface area (Å²) in [6, 6.07) is 8.59. The van der Waals surface area contributed by atoms with Crippen molar-refractivity contribution >= 4 is 14.0 Å². The van der Waals surface area contributed by atoms with Crippen LogP contribution in [0.25, 0.3) is 0 Å². The maximum atomic E-state index is 6.08. The molecule has 0 unspecified atom stereocenters. The molecule has 2 bridgehead atoms. The van der Waals surface area contributed by atoms with Crippen molar-refractivity contribution in [2.45, 2.75) is 19.8 Å². The van der Waals surface area contributed by atoms with Crippen LogP contribution >= 0.6 is 0 Å². The van der Waals surface area contributed by atoms with E-state index in [2.05, 4.69) is 43.0 Å². The summed E-state index contributed by atoms with van der Waals surface area (Å²) in [7, 11) is -2.69. The quantitative estimate of drug-likeness (QED) is 0.770. The van der Waals surface area contributed by atoms with Crippen LogP contribution in [0, 0.1) is 0 Å². The van der Waals surface area contributed by atoms with Gasteiger partial charge in [0, 0.05) is 24.8 Å². The minimum Gasteiger partial charge on any atom is -0.369 e. The molecule has 0 aliphatic carbocycles. The second kappa shape index (κ2) is 5.95. The molecule has 1 aromatic rings. The van der Waals surface area contributed by atoms with E-state index < -0.39 is 8.80 Å². The van der Waals surface area contributed by atoms with Gasteiger partial charge >= 0.3 is 8.80 Å². The third kappa shape index (κ3) is 2.82. The van der Waals surface area contributed by atoms with E-state index in [-0.39, 0.29) is 0 Å². The molecule has 4 nitrogen and oxygen atoms in total. The lowest BCUT2D eigenvalue weighted by Gasteiger charge is -2.38. The smallest absolute Gasteiger partial charge is 0.369 e. The summed E-state index contributed by atoms with van der Waals surface area (Å²) in [5.41, 5.74) is 1.34. The van der Waals surface area contributed by atoms with Crippen LogP contribution in [0.15, 0.2) is 24.3 Å². The summed E-state index contributed by atoms with van der Waals surface area (Å²) < 4.78 is 18.2. The van der Waals surface area contributed by atoms with Gasteiger partial charge in [-0.1, -0.05) is 38.1 Å². The second-order valence-electron chi connectivity index (χ2n) is 5.72. The molecule has 3 saturated heterocycles. The van der Waals surface area contributed by atoms with E-state index >= 15 is 0 Å². The molecule has 110 valence electrons. The van der Waals surface area contributed by atoms with E-state index in [0.717, 1.165) is 24.8 Å². The Labute approximate surface area is 122 Å². The standard InChI is InChI=1S/C15H23NO3Si/c1-13(2)14-3-5-15(6-4-14)20-17-10-7-16(8-11-18-20)9-12-19-20/h3-6,13H,7-12H2,1-2H3. The Hall–Kier alpha value is -0.723. The molecule has 4 rings (SSSR count). The topological polar surface area (TPSA) is 30.9 Å². The van der Waals surface area contributed by atoms with E-state index in [1.165, 1.54) is 5.56 Å². The van der Waals surface area contributed by atoms with Gasteiger partial charge in [-0.25, -0.2) is 0 Å². The first-order valence-corrected chi connectivity index (χ1v) is 9.17. The molecule has 0 N–H and O–H groups in total.